The molecule has 0 aromatic rings. The first-order chi connectivity index (χ1) is 18.8. The van der Waals surface area contributed by atoms with Crippen molar-refractivity contribution >= 4 is 0 Å². The first kappa shape index (κ1) is 33.3. The van der Waals surface area contributed by atoms with Crippen molar-refractivity contribution < 1.29 is 0 Å². The molecule has 0 radical (unpaired) electrons. The van der Waals surface area contributed by atoms with E-state index in [9.17, 15) is 0 Å². The normalized spacial score (nSPS) is 25.5. The van der Waals surface area contributed by atoms with Gasteiger partial charge in [-0.1, -0.05) is 159 Å². The first-order valence-electron chi connectivity index (χ1n) is 15.3. The molecule has 0 N–H and O–H groups in total. The van der Waals surface area contributed by atoms with E-state index >= 15 is 0 Å². The minimum atomic E-state index is 0.311. The van der Waals surface area contributed by atoms with Gasteiger partial charge in [-0.05, 0) is 77.0 Å². The monoisotopic (exact) mass is 536 g/mol. The molecular formula is C40H56. The molecule has 0 unspecified atom stereocenters. The standard InChI is InChI=1S/C40H56/c1-31(19-13-21-33(3)25-27-37-35(5)23-15-29-39(37,7)8)17-11-12-18-32(2)20-14-22-34(4)26-28-38-36(6)24-16-30-40(38,9)10/h11-14,17-22,25-28,37-38H,5-6,15-16,23-24,29-30H2,1-4,7-10H3/b12-11+,19-13+,20-14+,27-25+,28-26+,31-17+,32-18+,33-21+,34-22+/t37-,38-/m1/s1. The Bertz CT molecular complexity index is 1060. The second-order valence-corrected chi connectivity index (χ2v) is 13.4. The molecule has 0 saturated heterocycles. The highest BCUT2D eigenvalue weighted by Gasteiger charge is 2.33. The van der Waals surface area contributed by atoms with Crippen molar-refractivity contribution in [1.29, 1.82) is 0 Å². The summed E-state index contributed by atoms with van der Waals surface area (Å²) in [7, 11) is 0. The Morgan fingerprint density at radius 1 is 0.550 bits per heavy atom. The summed E-state index contributed by atoms with van der Waals surface area (Å²) in [6.07, 6.45) is 38.1. The fourth-order valence-corrected chi connectivity index (χ4v) is 5.90. The molecule has 0 heterocycles. The van der Waals surface area contributed by atoms with Crippen LogP contribution in [0.15, 0.2) is 132 Å². The van der Waals surface area contributed by atoms with E-state index in [1.807, 2.05) is 0 Å². The zero-order valence-electron chi connectivity index (χ0n) is 26.9. The minimum Gasteiger partial charge on any atom is -0.0992 e. The average molecular weight is 537 g/mol. The van der Waals surface area contributed by atoms with Crippen LogP contribution in [0.4, 0.5) is 0 Å². The lowest BCUT2D eigenvalue weighted by atomic mass is 9.66. The molecule has 2 aliphatic carbocycles. The maximum Gasteiger partial charge on any atom is 0.00285 e. The Balaban J connectivity index is 1.86. The predicted molar refractivity (Wildman–Crippen MR) is 181 cm³/mol. The quantitative estimate of drug-likeness (QED) is 0.192. The highest BCUT2D eigenvalue weighted by molar-refractivity contribution is 5.33. The minimum absolute atomic E-state index is 0.311. The Morgan fingerprint density at radius 3 is 1.23 bits per heavy atom. The van der Waals surface area contributed by atoms with Crippen LogP contribution in [0.1, 0.15) is 93.9 Å². The Morgan fingerprint density at radius 2 is 0.875 bits per heavy atom. The van der Waals surface area contributed by atoms with Crippen LogP contribution in [-0.2, 0) is 0 Å². The van der Waals surface area contributed by atoms with Gasteiger partial charge in [-0.15, -0.1) is 0 Å². The Kier molecular flexibility index (Phi) is 13.2. The molecule has 216 valence electrons. The van der Waals surface area contributed by atoms with Gasteiger partial charge >= 0.3 is 0 Å². The van der Waals surface area contributed by atoms with E-state index in [0.717, 1.165) is 12.8 Å². The summed E-state index contributed by atoms with van der Waals surface area (Å²) >= 11 is 0. The third-order valence-corrected chi connectivity index (χ3v) is 8.57. The summed E-state index contributed by atoms with van der Waals surface area (Å²) in [6.45, 7) is 26.8. The van der Waals surface area contributed by atoms with Crippen LogP contribution in [0, 0.1) is 22.7 Å². The number of allylic oxidation sites excluding steroid dienone is 20. The van der Waals surface area contributed by atoms with Crippen molar-refractivity contribution in [3.63, 3.8) is 0 Å². The van der Waals surface area contributed by atoms with Crippen LogP contribution in [0.25, 0.3) is 0 Å². The SMILES string of the molecule is C=C1CCCC(C)(C)[C@@H]1/C=C/C(C)=C/C=C/C(C)=C/C=C/C=C(C)/C=C/C=C(C)/C=C/[C@@H]1C(=C)CCCC1(C)C. The van der Waals surface area contributed by atoms with E-state index in [0.29, 0.717) is 22.7 Å². The molecule has 0 aliphatic heterocycles. The van der Waals surface area contributed by atoms with Gasteiger partial charge in [0.2, 0.25) is 0 Å². The largest absolute Gasteiger partial charge is 0.0992 e. The van der Waals surface area contributed by atoms with E-state index in [4.69, 9.17) is 0 Å². The molecule has 0 spiro atoms. The molecule has 2 rings (SSSR count). The van der Waals surface area contributed by atoms with Crippen molar-refractivity contribution in [2.24, 2.45) is 22.7 Å². The zero-order valence-corrected chi connectivity index (χ0v) is 26.9. The van der Waals surface area contributed by atoms with Gasteiger partial charge in [0.15, 0.2) is 0 Å². The van der Waals surface area contributed by atoms with Crippen LogP contribution in [0.2, 0.25) is 0 Å². The van der Waals surface area contributed by atoms with E-state index in [-0.39, 0.29) is 0 Å². The lowest BCUT2D eigenvalue weighted by Gasteiger charge is -2.38. The lowest BCUT2D eigenvalue weighted by molar-refractivity contribution is 0.228. The molecule has 0 nitrogen and oxygen atoms in total. The van der Waals surface area contributed by atoms with Gasteiger partial charge in [0.05, 0.1) is 0 Å². The van der Waals surface area contributed by atoms with Crippen molar-refractivity contribution in [1.82, 2.24) is 0 Å². The third-order valence-electron chi connectivity index (χ3n) is 8.57. The van der Waals surface area contributed by atoms with Gasteiger partial charge < -0.3 is 0 Å². The fraction of sp³-hybridized carbons (Fsp3) is 0.450. The van der Waals surface area contributed by atoms with E-state index in [1.165, 1.54) is 59.1 Å². The van der Waals surface area contributed by atoms with Crippen molar-refractivity contribution in [3.8, 4) is 0 Å². The molecule has 2 atom stereocenters. The third kappa shape index (κ3) is 11.3. The summed E-state index contributed by atoms with van der Waals surface area (Å²) in [6, 6.07) is 0. The molecule has 0 aromatic heterocycles. The molecule has 2 aliphatic rings. The summed E-state index contributed by atoms with van der Waals surface area (Å²) in [5.74, 6) is 0.951. The molecule has 2 fully saturated rings. The molecule has 0 bridgehead atoms. The highest BCUT2D eigenvalue weighted by Crippen LogP contribution is 2.44. The summed E-state index contributed by atoms with van der Waals surface area (Å²) in [5.41, 5.74) is 8.36. The van der Waals surface area contributed by atoms with Crippen LogP contribution >= 0.6 is 0 Å². The molecule has 0 aromatic carbocycles. The van der Waals surface area contributed by atoms with E-state index in [2.05, 4.69) is 154 Å². The van der Waals surface area contributed by atoms with Crippen LogP contribution in [0.3, 0.4) is 0 Å². The second-order valence-electron chi connectivity index (χ2n) is 13.4. The first-order valence-corrected chi connectivity index (χ1v) is 15.3. The maximum atomic E-state index is 4.34. The van der Waals surface area contributed by atoms with Gasteiger partial charge in [-0.2, -0.15) is 0 Å². The van der Waals surface area contributed by atoms with Crippen LogP contribution < -0.4 is 0 Å². The fourth-order valence-electron chi connectivity index (χ4n) is 5.90. The van der Waals surface area contributed by atoms with E-state index < -0.39 is 0 Å². The topological polar surface area (TPSA) is 0 Å². The zero-order chi connectivity index (χ0) is 29.8. The highest BCUT2D eigenvalue weighted by atomic mass is 14.4. The Hall–Kier alpha value is -2.86. The molecule has 0 heteroatoms. The van der Waals surface area contributed by atoms with Crippen LogP contribution in [0.5, 0.6) is 0 Å². The van der Waals surface area contributed by atoms with Gasteiger partial charge in [0.25, 0.3) is 0 Å². The van der Waals surface area contributed by atoms with Gasteiger partial charge in [0, 0.05) is 11.8 Å². The van der Waals surface area contributed by atoms with Crippen LogP contribution in [-0.4, -0.2) is 0 Å². The second kappa shape index (κ2) is 15.8. The summed E-state index contributed by atoms with van der Waals surface area (Å²) in [4.78, 5) is 0. The molecule has 2 saturated carbocycles. The molecule has 40 heavy (non-hydrogen) atoms. The Labute approximate surface area is 247 Å². The number of rotatable bonds is 10. The summed E-state index contributed by atoms with van der Waals surface area (Å²) < 4.78 is 0. The van der Waals surface area contributed by atoms with Crippen molar-refractivity contribution in [2.45, 2.75) is 93.9 Å². The average Bonchev–Trinajstić information content (AvgIpc) is 2.85. The van der Waals surface area contributed by atoms with Crippen molar-refractivity contribution in [3.05, 3.63) is 132 Å². The van der Waals surface area contributed by atoms with Crippen molar-refractivity contribution in [2.75, 3.05) is 0 Å². The lowest BCUT2D eigenvalue weighted by Crippen LogP contribution is -2.27. The van der Waals surface area contributed by atoms with E-state index in [1.54, 1.807) is 0 Å². The summed E-state index contributed by atoms with van der Waals surface area (Å²) in [5, 5.41) is 0. The molecule has 0 amide bonds. The maximum absolute atomic E-state index is 4.34. The van der Waals surface area contributed by atoms with Gasteiger partial charge in [-0.3, -0.25) is 0 Å². The molecular weight excluding hydrogens is 480 g/mol. The van der Waals surface area contributed by atoms with Gasteiger partial charge in [0.1, 0.15) is 0 Å². The predicted octanol–water partition coefficient (Wildman–Crippen LogP) is 12.3. The van der Waals surface area contributed by atoms with Gasteiger partial charge in [-0.25, -0.2) is 0 Å². The number of hydrogen-bond acceptors (Lipinski definition) is 0. The number of hydrogen-bond donors (Lipinski definition) is 0. The smallest absolute Gasteiger partial charge is 0.00285 e.